The molecule has 0 saturated carbocycles. The number of esters is 2. The van der Waals surface area contributed by atoms with Crippen LogP contribution in [0.2, 0.25) is 0 Å². The number of aromatic nitrogens is 2. The van der Waals surface area contributed by atoms with Gasteiger partial charge in [0.25, 0.3) is 0 Å². The molecule has 1 atom stereocenters. The third-order valence-corrected chi connectivity index (χ3v) is 10.9. The van der Waals surface area contributed by atoms with Gasteiger partial charge in [0.05, 0.1) is 28.9 Å². The number of nitrogens with zero attached hydrogens (tertiary/aromatic N) is 4. The normalized spacial score (nSPS) is 12.3. The molecule has 2 aromatic carbocycles. The van der Waals surface area contributed by atoms with Gasteiger partial charge in [-0.15, -0.1) is 0 Å². The molecule has 3 aromatic rings. The van der Waals surface area contributed by atoms with Crippen molar-refractivity contribution in [2.24, 2.45) is 11.1 Å². The van der Waals surface area contributed by atoms with Gasteiger partial charge in [0.1, 0.15) is 12.9 Å². The number of carbonyl (C=O) groups excluding carboxylic acids is 3. The second kappa shape index (κ2) is 19.8. The Morgan fingerprint density at radius 1 is 0.824 bits per heavy atom. The van der Waals surface area contributed by atoms with Gasteiger partial charge < -0.3 is 14.3 Å². The number of hydrogen-bond acceptors (Lipinski definition) is 12. The van der Waals surface area contributed by atoms with Gasteiger partial charge in [0.15, 0.2) is 11.4 Å². The first-order chi connectivity index (χ1) is 23.4. The van der Waals surface area contributed by atoms with Gasteiger partial charge >= 0.3 is 11.9 Å². The van der Waals surface area contributed by atoms with E-state index in [0.29, 0.717) is 12.0 Å². The summed E-state index contributed by atoms with van der Waals surface area (Å²) in [7, 11) is 0.160. The lowest BCUT2D eigenvalue weighted by molar-refractivity contribution is -0.136. The third kappa shape index (κ3) is 11.8. The van der Waals surface area contributed by atoms with Crippen LogP contribution < -0.4 is 0 Å². The number of ketones is 1. The number of Topliss-reactive ketones (excluding diaryl/α,β-unsaturated/α-hetero) is 1. The summed E-state index contributed by atoms with van der Waals surface area (Å²) in [6.45, 7) is 6.98. The van der Waals surface area contributed by atoms with Crippen LogP contribution in [0.3, 0.4) is 0 Å². The van der Waals surface area contributed by atoms with Crippen LogP contribution in [0.15, 0.2) is 63.5 Å². The summed E-state index contributed by atoms with van der Waals surface area (Å²) in [5.74, 6) is -2.32. The molecule has 0 radical (unpaired) electrons. The zero-order chi connectivity index (χ0) is 37.8. The molecule has 1 N–H and O–H groups in total. The molecule has 0 spiro atoms. The van der Waals surface area contributed by atoms with Crippen LogP contribution in [0.5, 0.6) is 0 Å². The van der Waals surface area contributed by atoms with Crippen LogP contribution in [-0.2, 0) is 56.8 Å². The number of aromatic amines is 1. The second-order valence-electron chi connectivity index (χ2n) is 11.2. The predicted molar refractivity (Wildman–Crippen MR) is 192 cm³/mol. The van der Waals surface area contributed by atoms with Gasteiger partial charge in [0, 0.05) is 45.9 Å². The van der Waals surface area contributed by atoms with Gasteiger partial charge in [-0.05, 0) is 69.5 Å². The number of ether oxygens (including phenoxy) is 2. The third-order valence-electron chi connectivity index (χ3n) is 7.26. The van der Waals surface area contributed by atoms with Crippen molar-refractivity contribution in [2.45, 2.75) is 57.8 Å². The predicted octanol–water partition coefficient (Wildman–Crippen LogP) is 3.62. The number of sulfonamides is 2. The number of rotatable bonds is 15. The molecule has 15 nitrogen and oxygen atoms in total. The summed E-state index contributed by atoms with van der Waals surface area (Å²) in [6, 6.07) is 12.7. The largest absolute Gasteiger partial charge is 0.461 e. The Kier molecular flexibility index (Phi) is 17.3. The number of aryl methyl sites for hydroxylation is 1. The summed E-state index contributed by atoms with van der Waals surface area (Å²) < 4.78 is 60.6. The maximum absolute atomic E-state index is 12.1. The van der Waals surface area contributed by atoms with Crippen molar-refractivity contribution in [3.05, 3.63) is 76.6 Å². The molecule has 0 bridgehead atoms. The van der Waals surface area contributed by atoms with Crippen LogP contribution >= 0.6 is 0 Å². The van der Waals surface area contributed by atoms with E-state index in [9.17, 15) is 31.2 Å². The van der Waals surface area contributed by atoms with Crippen molar-refractivity contribution < 1.29 is 45.5 Å². The lowest BCUT2D eigenvalue weighted by Crippen LogP contribution is -2.32. The minimum absolute atomic E-state index is 0. The average molecular weight is 752 g/mol. The first-order valence-corrected chi connectivity index (χ1v) is 18.3. The SMILES string of the molecule is C.CCOC(=O)/C(=N\OC)C(Cc1ccc(S(=O)(=O)N(C)C)cc1)C(C)=O.CCOC(=O)c1n[nH]c(C)c1Cc1ccc(S(=O)(=O)N(C)C)cc1. The summed E-state index contributed by atoms with van der Waals surface area (Å²) in [4.78, 5) is 41.1. The number of H-pyrrole nitrogens is 1. The first-order valence-electron chi connectivity index (χ1n) is 15.4. The Balaban J connectivity index is 0.000000501. The summed E-state index contributed by atoms with van der Waals surface area (Å²) in [5.41, 5.74) is 3.23. The average Bonchev–Trinajstić information content (AvgIpc) is 3.42. The molecule has 1 aromatic heterocycles. The second-order valence-corrected chi connectivity index (χ2v) is 15.5. The van der Waals surface area contributed by atoms with Crippen molar-refractivity contribution in [2.75, 3.05) is 48.5 Å². The molecule has 0 fully saturated rings. The Morgan fingerprint density at radius 2 is 1.29 bits per heavy atom. The maximum atomic E-state index is 12.1. The fourth-order valence-corrected chi connectivity index (χ4v) is 6.26. The molecular weight excluding hydrogens is 703 g/mol. The van der Waals surface area contributed by atoms with Crippen molar-refractivity contribution in [3.63, 3.8) is 0 Å². The van der Waals surface area contributed by atoms with E-state index in [1.165, 1.54) is 58.7 Å². The summed E-state index contributed by atoms with van der Waals surface area (Å²) in [6.07, 6.45) is 0.622. The van der Waals surface area contributed by atoms with Crippen molar-refractivity contribution in [1.29, 1.82) is 0 Å². The lowest BCUT2D eigenvalue weighted by atomic mass is 9.91. The van der Waals surface area contributed by atoms with Crippen LogP contribution in [0, 0.1) is 12.8 Å². The Bertz CT molecular complexity index is 1870. The van der Waals surface area contributed by atoms with E-state index in [1.54, 1.807) is 50.2 Å². The molecule has 0 aliphatic heterocycles. The summed E-state index contributed by atoms with van der Waals surface area (Å²) >= 11 is 0. The van der Waals surface area contributed by atoms with E-state index in [-0.39, 0.29) is 54.0 Å². The van der Waals surface area contributed by atoms with Crippen LogP contribution in [0.1, 0.15) is 61.1 Å². The highest BCUT2D eigenvalue weighted by molar-refractivity contribution is 7.89. The lowest BCUT2D eigenvalue weighted by Gasteiger charge is -2.16. The van der Waals surface area contributed by atoms with E-state index < -0.39 is 37.9 Å². The molecule has 1 unspecified atom stereocenters. The number of hydrogen-bond donors (Lipinski definition) is 1. The Morgan fingerprint density at radius 3 is 1.71 bits per heavy atom. The molecule has 51 heavy (non-hydrogen) atoms. The molecule has 0 saturated heterocycles. The molecular formula is C34H49N5O10S2. The quantitative estimate of drug-likeness (QED) is 0.135. The number of carbonyl (C=O) groups is 3. The molecule has 282 valence electrons. The maximum Gasteiger partial charge on any atom is 0.359 e. The van der Waals surface area contributed by atoms with Gasteiger partial charge in [-0.1, -0.05) is 36.8 Å². The molecule has 1 heterocycles. The van der Waals surface area contributed by atoms with Crippen molar-refractivity contribution in [3.8, 4) is 0 Å². The minimum atomic E-state index is -3.54. The monoisotopic (exact) mass is 751 g/mol. The molecule has 0 amide bonds. The highest BCUT2D eigenvalue weighted by Gasteiger charge is 2.30. The summed E-state index contributed by atoms with van der Waals surface area (Å²) in [5, 5.41) is 10.5. The Hall–Kier alpha value is -4.45. The van der Waals surface area contributed by atoms with Crippen LogP contribution in [-0.4, -0.2) is 108 Å². The topological polar surface area (TPSA) is 195 Å². The van der Waals surface area contributed by atoms with Gasteiger partial charge in [0.2, 0.25) is 20.0 Å². The van der Waals surface area contributed by atoms with Crippen LogP contribution in [0.25, 0.3) is 0 Å². The van der Waals surface area contributed by atoms with E-state index >= 15 is 0 Å². The minimum Gasteiger partial charge on any atom is -0.461 e. The van der Waals surface area contributed by atoms with Crippen molar-refractivity contribution >= 4 is 43.5 Å². The standard InChI is InChI=1S/C17H24N2O6S.C16H21N3O4S.CH4/c1-6-25-17(21)16(18-24-5)15(12(2)20)11-13-7-9-14(10-8-13)26(22,23)19(3)4;1-5-23-16(20)15-14(11(2)17-18-15)10-12-6-8-13(9-7-12)24(21,22)19(3)4;/h7-10,15H,6,11H2,1-5H3;6-9H,5,10H2,1-4H3,(H,17,18);1H4/b18-16-;;. The van der Waals surface area contributed by atoms with E-state index in [1.807, 2.05) is 6.92 Å². The molecule has 3 rings (SSSR count). The van der Waals surface area contributed by atoms with E-state index in [2.05, 4.69) is 20.2 Å². The highest BCUT2D eigenvalue weighted by Crippen LogP contribution is 2.21. The fraction of sp³-hybridized carbons (Fsp3) is 0.441. The van der Waals surface area contributed by atoms with Crippen molar-refractivity contribution in [1.82, 2.24) is 18.8 Å². The number of oxime groups is 1. The van der Waals surface area contributed by atoms with Crippen LogP contribution in [0.4, 0.5) is 0 Å². The zero-order valence-corrected chi connectivity index (χ0v) is 31.3. The number of benzene rings is 2. The zero-order valence-electron chi connectivity index (χ0n) is 29.7. The molecule has 0 aliphatic carbocycles. The van der Waals surface area contributed by atoms with Gasteiger partial charge in [-0.3, -0.25) is 9.89 Å². The van der Waals surface area contributed by atoms with E-state index in [4.69, 9.17) is 9.47 Å². The smallest absolute Gasteiger partial charge is 0.359 e. The van der Waals surface area contributed by atoms with Gasteiger partial charge in [-0.25, -0.2) is 35.0 Å². The molecule has 17 heteroatoms. The Labute approximate surface area is 301 Å². The fourth-order valence-electron chi connectivity index (χ4n) is 4.45. The highest BCUT2D eigenvalue weighted by atomic mass is 32.2. The first kappa shape index (κ1) is 44.6. The van der Waals surface area contributed by atoms with E-state index in [0.717, 1.165) is 21.1 Å². The van der Waals surface area contributed by atoms with Gasteiger partial charge in [-0.2, -0.15) is 5.10 Å². The molecule has 0 aliphatic rings. The number of nitrogens with one attached hydrogen (secondary N) is 1.